The fourth-order valence-electron chi connectivity index (χ4n) is 1.37. The van der Waals surface area contributed by atoms with Crippen molar-refractivity contribution in [1.29, 1.82) is 5.26 Å². The third-order valence-electron chi connectivity index (χ3n) is 2.28. The molecule has 0 unspecified atom stereocenters. The fourth-order valence-corrected chi connectivity index (χ4v) is 1.56. The largest absolute Gasteiger partial charge is 0.506 e. The zero-order valence-electron chi connectivity index (χ0n) is 9.14. The molecule has 1 aromatic carbocycles. The van der Waals surface area contributed by atoms with Gasteiger partial charge in [0, 0.05) is 6.07 Å². The SMILES string of the molecule is COc1cc(Cl)c(O)c(C(C)(C)C#N)c1F. The summed E-state index contributed by atoms with van der Waals surface area (Å²) in [5, 5.41) is 18.6. The number of methoxy groups -OCH3 is 1. The predicted octanol–water partition coefficient (Wildman–Crippen LogP) is 2.99. The molecule has 0 spiro atoms. The van der Waals surface area contributed by atoms with Crippen molar-refractivity contribution in [2.75, 3.05) is 7.11 Å². The van der Waals surface area contributed by atoms with Gasteiger partial charge >= 0.3 is 0 Å². The molecule has 5 heteroatoms. The van der Waals surface area contributed by atoms with Gasteiger partial charge in [-0.1, -0.05) is 11.6 Å². The Hall–Kier alpha value is -1.47. The molecule has 0 fully saturated rings. The summed E-state index contributed by atoms with van der Waals surface area (Å²) < 4.78 is 18.7. The first-order chi connectivity index (χ1) is 7.35. The average Bonchev–Trinajstić information content (AvgIpc) is 2.23. The molecule has 1 aromatic rings. The van der Waals surface area contributed by atoms with E-state index < -0.39 is 17.0 Å². The number of nitriles is 1. The summed E-state index contributed by atoms with van der Waals surface area (Å²) in [6, 6.07) is 3.07. The van der Waals surface area contributed by atoms with Crippen molar-refractivity contribution in [3.05, 3.63) is 22.5 Å². The highest BCUT2D eigenvalue weighted by atomic mass is 35.5. The van der Waals surface area contributed by atoms with E-state index in [1.54, 1.807) is 0 Å². The molecule has 0 saturated carbocycles. The zero-order chi connectivity index (χ0) is 12.5. The molecule has 0 heterocycles. The van der Waals surface area contributed by atoms with Crippen LogP contribution in [0.2, 0.25) is 5.02 Å². The monoisotopic (exact) mass is 243 g/mol. The van der Waals surface area contributed by atoms with E-state index in [1.807, 2.05) is 6.07 Å². The third kappa shape index (κ3) is 1.91. The lowest BCUT2D eigenvalue weighted by atomic mass is 9.85. The minimum atomic E-state index is -1.19. The summed E-state index contributed by atoms with van der Waals surface area (Å²) in [5.74, 6) is -1.29. The molecule has 0 aliphatic carbocycles. The Morgan fingerprint density at radius 1 is 1.56 bits per heavy atom. The van der Waals surface area contributed by atoms with Crippen molar-refractivity contribution >= 4 is 11.6 Å². The molecular weight excluding hydrogens is 233 g/mol. The van der Waals surface area contributed by atoms with Crippen molar-refractivity contribution in [3.8, 4) is 17.6 Å². The lowest BCUT2D eigenvalue weighted by Gasteiger charge is -2.20. The Balaban J connectivity index is 3.62. The molecule has 0 aliphatic heterocycles. The highest BCUT2D eigenvalue weighted by molar-refractivity contribution is 6.32. The molecule has 0 aliphatic rings. The molecule has 0 amide bonds. The molecule has 3 nitrogen and oxygen atoms in total. The maximum atomic E-state index is 13.9. The minimum absolute atomic E-state index is 0.0448. The number of halogens is 2. The van der Waals surface area contributed by atoms with Gasteiger partial charge in [-0.15, -0.1) is 0 Å². The summed E-state index contributed by atoms with van der Waals surface area (Å²) in [6.07, 6.45) is 0. The number of aromatic hydroxyl groups is 1. The van der Waals surface area contributed by atoms with Crippen LogP contribution in [0.5, 0.6) is 11.5 Å². The Morgan fingerprint density at radius 2 is 2.12 bits per heavy atom. The minimum Gasteiger partial charge on any atom is -0.506 e. The number of rotatable bonds is 2. The molecule has 16 heavy (non-hydrogen) atoms. The average molecular weight is 244 g/mol. The van der Waals surface area contributed by atoms with Crippen LogP contribution in [-0.4, -0.2) is 12.2 Å². The van der Waals surface area contributed by atoms with E-state index in [2.05, 4.69) is 0 Å². The molecule has 86 valence electrons. The number of ether oxygens (including phenoxy) is 1. The second-order valence-corrected chi connectivity index (χ2v) is 4.24. The Morgan fingerprint density at radius 3 is 2.56 bits per heavy atom. The molecule has 0 saturated heterocycles. The number of nitrogens with zero attached hydrogens (tertiary/aromatic N) is 1. The maximum absolute atomic E-state index is 13.9. The molecule has 0 bridgehead atoms. The van der Waals surface area contributed by atoms with Gasteiger partial charge in [-0.05, 0) is 13.8 Å². The van der Waals surface area contributed by atoms with Crippen LogP contribution >= 0.6 is 11.6 Å². The molecule has 0 radical (unpaired) electrons. The van der Waals surface area contributed by atoms with Crippen LogP contribution in [0.4, 0.5) is 4.39 Å². The summed E-state index contributed by atoms with van der Waals surface area (Å²) in [7, 11) is 1.29. The Bertz CT molecular complexity index is 466. The zero-order valence-corrected chi connectivity index (χ0v) is 9.89. The number of hydrogen-bond donors (Lipinski definition) is 1. The van der Waals surface area contributed by atoms with Crippen LogP contribution in [0.3, 0.4) is 0 Å². The second kappa shape index (κ2) is 4.18. The van der Waals surface area contributed by atoms with E-state index >= 15 is 0 Å². The molecule has 0 aromatic heterocycles. The topological polar surface area (TPSA) is 53.2 Å². The van der Waals surface area contributed by atoms with Gasteiger partial charge < -0.3 is 9.84 Å². The normalized spacial score (nSPS) is 11.0. The number of benzene rings is 1. The van der Waals surface area contributed by atoms with Gasteiger partial charge in [-0.2, -0.15) is 5.26 Å². The number of phenolic OH excluding ortho intramolecular Hbond substituents is 1. The van der Waals surface area contributed by atoms with Crippen LogP contribution in [-0.2, 0) is 5.41 Å². The molecule has 1 N–H and O–H groups in total. The van der Waals surface area contributed by atoms with E-state index in [0.717, 1.165) is 0 Å². The van der Waals surface area contributed by atoms with E-state index in [0.29, 0.717) is 0 Å². The first-order valence-corrected chi connectivity index (χ1v) is 4.89. The first kappa shape index (κ1) is 12.6. The summed E-state index contributed by atoms with van der Waals surface area (Å²) in [5.41, 5.74) is -1.34. The fraction of sp³-hybridized carbons (Fsp3) is 0.364. The van der Waals surface area contributed by atoms with Crippen molar-refractivity contribution in [2.24, 2.45) is 0 Å². The van der Waals surface area contributed by atoms with Gasteiger partial charge in [-0.25, -0.2) is 4.39 Å². The Labute approximate surface area is 98.0 Å². The molecular formula is C11H11ClFNO2. The van der Waals surface area contributed by atoms with Crippen LogP contribution in [0.1, 0.15) is 19.4 Å². The van der Waals surface area contributed by atoms with E-state index in [9.17, 15) is 9.50 Å². The quantitative estimate of drug-likeness (QED) is 0.869. The summed E-state index contributed by atoms with van der Waals surface area (Å²) in [6.45, 7) is 2.97. The highest BCUT2D eigenvalue weighted by Gasteiger charge is 2.31. The van der Waals surface area contributed by atoms with Gasteiger partial charge in [0.15, 0.2) is 11.6 Å². The predicted molar refractivity (Wildman–Crippen MR) is 58.3 cm³/mol. The van der Waals surface area contributed by atoms with E-state index in [-0.39, 0.29) is 16.3 Å². The molecule has 1 rings (SSSR count). The van der Waals surface area contributed by atoms with Crippen LogP contribution in [0, 0.1) is 17.1 Å². The highest BCUT2D eigenvalue weighted by Crippen LogP contribution is 2.41. The summed E-state index contributed by atoms with van der Waals surface area (Å²) in [4.78, 5) is 0. The summed E-state index contributed by atoms with van der Waals surface area (Å²) >= 11 is 5.73. The van der Waals surface area contributed by atoms with Crippen molar-refractivity contribution in [3.63, 3.8) is 0 Å². The van der Waals surface area contributed by atoms with Crippen molar-refractivity contribution in [2.45, 2.75) is 19.3 Å². The maximum Gasteiger partial charge on any atom is 0.173 e. The second-order valence-electron chi connectivity index (χ2n) is 3.84. The van der Waals surface area contributed by atoms with Crippen LogP contribution in [0.15, 0.2) is 6.07 Å². The lowest BCUT2D eigenvalue weighted by molar-refractivity contribution is 0.372. The molecule has 0 atom stereocenters. The van der Waals surface area contributed by atoms with Gasteiger partial charge in [-0.3, -0.25) is 0 Å². The van der Waals surface area contributed by atoms with Gasteiger partial charge in [0.1, 0.15) is 5.75 Å². The number of hydrogen-bond acceptors (Lipinski definition) is 3. The number of phenols is 1. The smallest absolute Gasteiger partial charge is 0.173 e. The van der Waals surface area contributed by atoms with Gasteiger partial charge in [0.25, 0.3) is 0 Å². The van der Waals surface area contributed by atoms with Crippen LogP contribution in [0.25, 0.3) is 0 Å². The van der Waals surface area contributed by atoms with Gasteiger partial charge in [0.2, 0.25) is 0 Å². The van der Waals surface area contributed by atoms with E-state index in [4.69, 9.17) is 21.6 Å². The lowest BCUT2D eigenvalue weighted by Crippen LogP contribution is -2.17. The van der Waals surface area contributed by atoms with E-state index in [1.165, 1.54) is 27.0 Å². The van der Waals surface area contributed by atoms with Crippen molar-refractivity contribution in [1.82, 2.24) is 0 Å². The van der Waals surface area contributed by atoms with Crippen molar-refractivity contribution < 1.29 is 14.2 Å². The Kier molecular flexibility index (Phi) is 3.30. The van der Waals surface area contributed by atoms with Crippen LogP contribution < -0.4 is 4.74 Å². The van der Waals surface area contributed by atoms with Gasteiger partial charge in [0.05, 0.1) is 29.2 Å². The third-order valence-corrected chi connectivity index (χ3v) is 2.57. The standard InChI is InChI=1S/C11H11ClFNO2/c1-11(2,5-14)8-9(13)7(16-3)4-6(12)10(8)15/h4,15H,1-3H3. The first-order valence-electron chi connectivity index (χ1n) is 4.51.